The predicted molar refractivity (Wildman–Crippen MR) is 79.7 cm³/mol. The molecule has 5 nitrogen and oxygen atoms in total. The van der Waals surface area contributed by atoms with Crippen LogP contribution in [0.2, 0.25) is 0 Å². The first-order chi connectivity index (χ1) is 9.64. The number of hydrogen-bond acceptors (Lipinski definition) is 4. The van der Waals surface area contributed by atoms with Gasteiger partial charge in [-0.1, -0.05) is 26.7 Å². The van der Waals surface area contributed by atoms with Gasteiger partial charge in [-0.05, 0) is 18.3 Å². The molecule has 0 aromatic carbocycles. The second-order valence-electron chi connectivity index (χ2n) is 5.54. The summed E-state index contributed by atoms with van der Waals surface area (Å²) >= 11 is 0. The molecule has 0 atom stereocenters. The molecule has 1 aliphatic rings. The van der Waals surface area contributed by atoms with Crippen LogP contribution in [0, 0.1) is 5.41 Å². The summed E-state index contributed by atoms with van der Waals surface area (Å²) in [6.45, 7) is 6.16. The maximum Gasteiger partial charge on any atom is 0.274 e. The lowest BCUT2D eigenvalue weighted by Gasteiger charge is -2.40. The Labute approximate surface area is 120 Å². The average Bonchev–Trinajstić information content (AvgIpc) is 2.54. The molecule has 20 heavy (non-hydrogen) atoms. The zero-order valence-corrected chi connectivity index (χ0v) is 12.6. The number of anilines is 1. The number of hydrogen-bond donors (Lipinski definition) is 1. The van der Waals surface area contributed by atoms with Gasteiger partial charge in [0.1, 0.15) is 11.5 Å². The van der Waals surface area contributed by atoms with E-state index in [1.54, 1.807) is 19.4 Å². The van der Waals surface area contributed by atoms with Crippen LogP contribution in [0.15, 0.2) is 12.4 Å². The van der Waals surface area contributed by atoms with Crippen molar-refractivity contribution >= 4 is 11.7 Å². The summed E-state index contributed by atoms with van der Waals surface area (Å²) in [5.74, 6) is 0.625. The molecule has 0 saturated carbocycles. The number of carbonyl (C=O) groups is 1. The van der Waals surface area contributed by atoms with Crippen molar-refractivity contribution in [3.63, 3.8) is 0 Å². The number of nitrogens with zero attached hydrogens (tertiary/aromatic N) is 3. The summed E-state index contributed by atoms with van der Waals surface area (Å²) in [5.41, 5.74) is 0.854. The summed E-state index contributed by atoms with van der Waals surface area (Å²) in [6, 6.07) is 0. The van der Waals surface area contributed by atoms with Crippen molar-refractivity contribution in [2.45, 2.75) is 39.5 Å². The number of piperidine rings is 1. The highest BCUT2D eigenvalue weighted by Crippen LogP contribution is 2.38. The van der Waals surface area contributed by atoms with Crippen LogP contribution in [0.5, 0.6) is 0 Å². The van der Waals surface area contributed by atoms with Crippen molar-refractivity contribution in [1.82, 2.24) is 14.9 Å². The zero-order valence-electron chi connectivity index (χ0n) is 12.6. The predicted octanol–water partition coefficient (Wildman–Crippen LogP) is 2.56. The van der Waals surface area contributed by atoms with Crippen LogP contribution in [0.1, 0.15) is 50.0 Å². The molecule has 0 spiro atoms. The van der Waals surface area contributed by atoms with E-state index in [1.807, 2.05) is 4.90 Å². The summed E-state index contributed by atoms with van der Waals surface area (Å²) < 4.78 is 0. The SMILES string of the molecule is CCC1(CC)CCN(C(=O)c2cncc(NC)n2)CC1. The third-order valence-electron chi connectivity index (χ3n) is 4.72. The number of rotatable bonds is 4. The Morgan fingerprint density at radius 3 is 2.50 bits per heavy atom. The second kappa shape index (κ2) is 6.20. The van der Waals surface area contributed by atoms with Gasteiger partial charge in [0.25, 0.3) is 5.91 Å². The van der Waals surface area contributed by atoms with E-state index in [-0.39, 0.29) is 5.91 Å². The monoisotopic (exact) mass is 276 g/mol. The maximum atomic E-state index is 12.5. The largest absolute Gasteiger partial charge is 0.372 e. The molecule has 1 amide bonds. The van der Waals surface area contributed by atoms with Gasteiger partial charge >= 0.3 is 0 Å². The molecule has 110 valence electrons. The van der Waals surface area contributed by atoms with Gasteiger partial charge in [0.15, 0.2) is 0 Å². The number of nitrogens with one attached hydrogen (secondary N) is 1. The number of aromatic nitrogens is 2. The van der Waals surface area contributed by atoms with Crippen molar-refractivity contribution in [2.75, 3.05) is 25.5 Å². The Morgan fingerprint density at radius 2 is 1.95 bits per heavy atom. The Bertz CT molecular complexity index is 461. The van der Waals surface area contributed by atoms with Crippen molar-refractivity contribution < 1.29 is 4.79 Å². The van der Waals surface area contributed by atoms with Gasteiger partial charge in [0, 0.05) is 20.1 Å². The average molecular weight is 276 g/mol. The van der Waals surface area contributed by atoms with E-state index in [0.29, 0.717) is 16.9 Å². The van der Waals surface area contributed by atoms with Gasteiger partial charge in [-0.3, -0.25) is 9.78 Å². The normalized spacial score (nSPS) is 17.9. The van der Waals surface area contributed by atoms with Crippen LogP contribution in [-0.4, -0.2) is 40.9 Å². The van der Waals surface area contributed by atoms with Gasteiger partial charge in [-0.2, -0.15) is 0 Å². The lowest BCUT2D eigenvalue weighted by atomic mass is 9.74. The minimum Gasteiger partial charge on any atom is -0.372 e. The number of amides is 1. The van der Waals surface area contributed by atoms with E-state index in [9.17, 15) is 4.79 Å². The highest BCUT2D eigenvalue weighted by Gasteiger charge is 2.33. The molecule has 0 radical (unpaired) electrons. The van der Waals surface area contributed by atoms with E-state index in [0.717, 1.165) is 25.9 Å². The Kier molecular flexibility index (Phi) is 4.57. The summed E-state index contributed by atoms with van der Waals surface area (Å²) in [6.07, 6.45) is 7.73. The number of likely N-dealkylation sites (tertiary alicyclic amines) is 1. The van der Waals surface area contributed by atoms with Crippen molar-refractivity contribution in [3.05, 3.63) is 18.1 Å². The maximum absolute atomic E-state index is 12.5. The van der Waals surface area contributed by atoms with Crippen LogP contribution in [0.25, 0.3) is 0 Å². The van der Waals surface area contributed by atoms with Gasteiger partial charge in [-0.15, -0.1) is 0 Å². The van der Waals surface area contributed by atoms with E-state index in [2.05, 4.69) is 29.1 Å². The second-order valence-corrected chi connectivity index (χ2v) is 5.54. The van der Waals surface area contributed by atoms with Crippen LogP contribution in [0.3, 0.4) is 0 Å². The Morgan fingerprint density at radius 1 is 1.30 bits per heavy atom. The zero-order chi connectivity index (χ0) is 14.6. The lowest BCUT2D eigenvalue weighted by molar-refractivity contribution is 0.0552. The van der Waals surface area contributed by atoms with E-state index < -0.39 is 0 Å². The lowest BCUT2D eigenvalue weighted by Crippen LogP contribution is -2.43. The van der Waals surface area contributed by atoms with Crippen molar-refractivity contribution in [2.24, 2.45) is 5.41 Å². The fourth-order valence-electron chi connectivity index (χ4n) is 2.89. The minimum atomic E-state index is -0.00425. The third kappa shape index (κ3) is 2.92. The first-order valence-corrected chi connectivity index (χ1v) is 7.43. The van der Waals surface area contributed by atoms with E-state index in [1.165, 1.54) is 12.8 Å². The topological polar surface area (TPSA) is 58.1 Å². The fraction of sp³-hybridized carbons (Fsp3) is 0.667. The van der Waals surface area contributed by atoms with E-state index >= 15 is 0 Å². The van der Waals surface area contributed by atoms with Crippen molar-refractivity contribution in [1.29, 1.82) is 0 Å². The van der Waals surface area contributed by atoms with Crippen LogP contribution >= 0.6 is 0 Å². The van der Waals surface area contributed by atoms with Gasteiger partial charge in [0.2, 0.25) is 0 Å². The van der Waals surface area contributed by atoms with Crippen molar-refractivity contribution in [3.8, 4) is 0 Å². The highest BCUT2D eigenvalue weighted by molar-refractivity contribution is 5.92. The molecule has 0 unspecified atom stereocenters. The summed E-state index contributed by atoms with van der Waals surface area (Å²) in [7, 11) is 1.77. The smallest absolute Gasteiger partial charge is 0.274 e. The van der Waals surface area contributed by atoms with E-state index in [4.69, 9.17) is 0 Å². The van der Waals surface area contributed by atoms with Crippen LogP contribution in [-0.2, 0) is 0 Å². The third-order valence-corrected chi connectivity index (χ3v) is 4.72. The molecule has 2 heterocycles. The quantitative estimate of drug-likeness (QED) is 0.918. The highest BCUT2D eigenvalue weighted by atomic mass is 16.2. The minimum absolute atomic E-state index is 0.00425. The Balaban J connectivity index is 2.04. The van der Waals surface area contributed by atoms with Gasteiger partial charge in [-0.25, -0.2) is 4.98 Å². The molecule has 1 aliphatic heterocycles. The summed E-state index contributed by atoms with van der Waals surface area (Å²) in [5, 5.41) is 2.91. The molecular formula is C15H24N4O. The number of carbonyl (C=O) groups excluding carboxylic acids is 1. The van der Waals surface area contributed by atoms with Crippen LogP contribution < -0.4 is 5.32 Å². The molecule has 0 aliphatic carbocycles. The van der Waals surface area contributed by atoms with Crippen LogP contribution in [0.4, 0.5) is 5.82 Å². The molecule has 1 aromatic rings. The molecule has 2 rings (SSSR count). The van der Waals surface area contributed by atoms with Gasteiger partial charge < -0.3 is 10.2 Å². The molecule has 1 aromatic heterocycles. The van der Waals surface area contributed by atoms with Gasteiger partial charge in [0.05, 0.1) is 12.4 Å². The molecule has 0 bridgehead atoms. The first-order valence-electron chi connectivity index (χ1n) is 7.43. The Hall–Kier alpha value is -1.65. The molecule has 1 saturated heterocycles. The molecular weight excluding hydrogens is 252 g/mol. The molecule has 1 N–H and O–H groups in total. The molecule has 1 fully saturated rings. The summed E-state index contributed by atoms with van der Waals surface area (Å²) in [4.78, 5) is 22.7. The fourth-order valence-corrected chi connectivity index (χ4v) is 2.89. The molecule has 5 heteroatoms. The first kappa shape index (κ1) is 14.8. The standard InChI is InChI=1S/C15H24N4O/c1-4-15(5-2)6-8-19(9-7-15)14(20)12-10-17-11-13(16-3)18-12/h10-11H,4-9H2,1-3H3,(H,16,18).